The lowest BCUT2D eigenvalue weighted by atomic mass is 10.0. The van der Waals surface area contributed by atoms with Crippen molar-refractivity contribution in [3.05, 3.63) is 54.6 Å². The lowest BCUT2D eigenvalue weighted by Crippen LogP contribution is -2.17. The normalized spacial score (nSPS) is 11.9. The van der Waals surface area contributed by atoms with Crippen molar-refractivity contribution < 1.29 is 26.7 Å². The summed E-state index contributed by atoms with van der Waals surface area (Å²) < 4.78 is 52.6. The van der Waals surface area contributed by atoms with Gasteiger partial charge in [-0.15, -0.1) is 23.4 Å². The van der Waals surface area contributed by atoms with Crippen LogP contribution in [0.3, 0.4) is 0 Å². The van der Waals surface area contributed by atoms with Gasteiger partial charge in [-0.1, -0.05) is 12.1 Å². The number of ether oxygens (including phenoxy) is 1. The molecule has 0 saturated carbocycles. The van der Waals surface area contributed by atoms with Gasteiger partial charge >= 0.3 is 6.36 Å². The van der Waals surface area contributed by atoms with E-state index < -0.39 is 6.36 Å². The first-order valence-corrected chi connectivity index (χ1v) is 8.28. The molecule has 0 unspecified atom stereocenters. The highest BCUT2D eigenvalue weighted by Gasteiger charge is 2.31. The fourth-order valence-electron chi connectivity index (χ4n) is 2.84. The molecule has 0 saturated heterocycles. The Bertz CT molecular complexity index is 1120. The molecule has 0 bridgehead atoms. The summed E-state index contributed by atoms with van der Waals surface area (Å²) in [5.74, 6) is 0.486. The molecule has 0 amide bonds. The standard InChI is InChI=1S/C19H14F3N3O3/c1-23-9-17-24-25-18(27-17)12-5-6-16-14(8-12)15(10-26-16)11-3-2-4-13(7-11)28-19(20,21)22/h2-8,10,23H,9H2,1H3. The molecule has 0 aliphatic rings. The topological polar surface area (TPSA) is 73.3 Å². The highest BCUT2D eigenvalue weighted by atomic mass is 19.4. The minimum absolute atomic E-state index is 0.302. The average Bonchev–Trinajstić information content (AvgIpc) is 3.27. The lowest BCUT2D eigenvalue weighted by Gasteiger charge is -2.09. The summed E-state index contributed by atoms with van der Waals surface area (Å²) in [5.41, 5.74) is 2.40. The van der Waals surface area contributed by atoms with E-state index >= 15 is 0 Å². The number of furan rings is 1. The summed E-state index contributed by atoms with van der Waals surface area (Å²) in [6.07, 6.45) is -3.27. The van der Waals surface area contributed by atoms with Gasteiger partial charge in [0.25, 0.3) is 0 Å². The molecule has 0 radical (unpaired) electrons. The number of fused-ring (bicyclic) bond motifs is 1. The van der Waals surface area contributed by atoms with Crippen molar-refractivity contribution in [3.63, 3.8) is 0 Å². The van der Waals surface area contributed by atoms with Gasteiger partial charge in [0.05, 0.1) is 12.8 Å². The monoisotopic (exact) mass is 389 g/mol. The van der Waals surface area contributed by atoms with E-state index in [-0.39, 0.29) is 5.75 Å². The predicted octanol–water partition coefficient (Wildman–Crippen LogP) is 4.77. The van der Waals surface area contributed by atoms with Crippen molar-refractivity contribution in [1.82, 2.24) is 15.5 Å². The van der Waals surface area contributed by atoms with Crippen molar-refractivity contribution in [2.24, 2.45) is 0 Å². The van der Waals surface area contributed by atoms with Crippen molar-refractivity contribution in [2.75, 3.05) is 7.05 Å². The van der Waals surface area contributed by atoms with Crippen molar-refractivity contribution >= 4 is 11.0 Å². The summed E-state index contributed by atoms with van der Waals surface area (Å²) in [7, 11) is 1.77. The summed E-state index contributed by atoms with van der Waals surface area (Å²) >= 11 is 0. The molecule has 2 aromatic carbocycles. The number of alkyl halides is 3. The molecule has 9 heteroatoms. The minimum atomic E-state index is -4.76. The molecule has 144 valence electrons. The first-order valence-electron chi connectivity index (χ1n) is 8.28. The van der Waals surface area contributed by atoms with Gasteiger partial charge < -0.3 is 18.9 Å². The number of aromatic nitrogens is 2. The zero-order valence-electron chi connectivity index (χ0n) is 14.6. The fourth-order valence-corrected chi connectivity index (χ4v) is 2.84. The third-order valence-electron chi connectivity index (χ3n) is 3.99. The molecule has 6 nitrogen and oxygen atoms in total. The Kier molecular flexibility index (Phi) is 4.52. The van der Waals surface area contributed by atoms with E-state index in [1.165, 1.54) is 24.5 Å². The van der Waals surface area contributed by atoms with Crippen LogP contribution in [0.1, 0.15) is 5.89 Å². The van der Waals surface area contributed by atoms with Crippen molar-refractivity contribution in [3.8, 4) is 28.3 Å². The molecule has 4 aromatic rings. The number of benzene rings is 2. The Morgan fingerprint density at radius 3 is 2.71 bits per heavy atom. The first-order chi connectivity index (χ1) is 13.4. The van der Waals surface area contributed by atoms with Crippen LogP contribution in [0, 0.1) is 0 Å². The molecule has 4 rings (SSSR count). The van der Waals surface area contributed by atoms with Gasteiger partial charge in [0.1, 0.15) is 11.3 Å². The van der Waals surface area contributed by atoms with E-state index in [4.69, 9.17) is 8.83 Å². The van der Waals surface area contributed by atoms with Crippen LogP contribution >= 0.6 is 0 Å². The highest BCUT2D eigenvalue weighted by Crippen LogP contribution is 2.35. The predicted molar refractivity (Wildman–Crippen MR) is 94.4 cm³/mol. The van der Waals surface area contributed by atoms with Crippen LogP contribution in [-0.4, -0.2) is 23.6 Å². The van der Waals surface area contributed by atoms with Crippen LogP contribution in [0.5, 0.6) is 5.75 Å². The Labute approximate surface area is 156 Å². The van der Waals surface area contributed by atoms with Gasteiger partial charge in [-0.2, -0.15) is 0 Å². The molecule has 2 aromatic heterocycles. The second kappa shape index (κ2) is 7.01. The van der Waals surface area contributed by atoms with Gasteiger partial charge in [-0.05, 0) is 42.9 Å². The Morgan fingerprint density at radius 2 is 1.93 bits per heavy atom. The Morgan fingerprint density at radius 1 is 1.07 bits per heavy atom. The minimum Gasteiger partial charge on any atom is -0.464 e. The molecule has 0 atom stereocenters. The first kappa shape index (κ1) is 18.1. The van der Waals surface area contributed by atoms with E-state index in [2.05, 4.69) is 20.3 Å². The zero-order chi connectivity index (χ0) is 19.7. The fraction of sp³-hybridized carbons (Fsp3) is 0.158. The third kappa shape index (κ3) is 3.70. The molecule has 28 heavy (non-hydrogen) atoms. The average molecular weight is 389 g/mol. The quantitative estimate of drug-likeness (QED) is 0.530. The van der Waals surface area contributed by atoms with Gasteiger partial charge in [0.2, 0.25) is 11.8 Å². The largest absolute Gasteiger partial charge is 0.573 e. The number of hydrogen-bond acceptors (Lipinski definition) is 6. The number of nitrogens with one attached hydrogen (secondary N) is 1. The molecular formula is C19H14F3N3O3. The summed E-state index contributed by atoms with van der Waals surface area (Å²) in [5, 5.41) is 11.6. The van der Waals surface area contributed by atoms with E-state index in [0.717, 1.165) is 0 Å². The molecule has 2 heterocycles. The smallest absolute Gasteiger partial charge is 0.464 e. The molecule has 0 aliphatic heterocycles. The lowest BCUT2D eigenvalue weighted by molar-refractivity contribution is -0.274. The number of nitrogens with zero attached hydrogens (tertiary/aromatic N) is 2. The van der Waals surface area contributed by atoms with Crippen molar-refractivity contribution in [2.45, 2.75) is 12.9 Å². The van der Waals surface area contributed by atoms with Crippen LogP contribution in [0.4, 0.5) is 13.2 Å². The maximum atomic E-state index is 12.5. The van der Waals surface area contributed by atoms with Crippen LogP contribution in [0.15, 0.2) is 57.6 Å². The van der Waals surface area contributed by atoms with Crippen LogP contribution in [0.2, 0.25) is 0 Å². The van der Waals surface area contributed by atoms with Gasteiger partial charge in [-0.25, -0.2) is 0 Å². The summed E-state index contributed by atoms with van der Waals surface area (Å²) in [6, 6.07) is 11.0. The molecule has 0 aliphatic carbocycles. The second-order valence-electron chi connectivity index (χ2n) is 5.97. The SMILES string of the molecule is CNCc1nnc(-c2ccc3occ(-c4cccc(OC(F)(F)F)c4)c3c2)o1. The number of rotatable bonds is 5. The molecule has 0 spiro atoms. The van der Waals surface area contributed by atoms with Crippen LogP contribution < -0.4 is 10.1 Å². The Hall–Kier alpha value is -3.33. The van der Waals surface area contributed by atoms with E-state index in [9.17, 15) is 13.2 Å². The van der Waals surface area contributed by atoms with E-state index in [1.807, 2.05) is 0 Å². The van der Waals surface area contributed by atoms with Gasteiger partial charge in [-0.3, -0.25) is 0 Å². The summed E-state index contributed by atoms with van der Waals surface area (Å²) in [4.78, 5) is 0. The molecule has 0 fully saturated rings. The van der Waals surface area contributed by atoms with E-state index in [0.29, 0.717) is 46.0 Å². The second-order valence-corrected chi connectivity index (χ2v) is 5.97. The third-order valence-corrected chi connectivity index (χ3v) is 3.99. The van der Waals surface area contributed by atoms with E-state index in [1.54, 1.807) is 31.3 Å². The molecule has 1 N–H and O–H groups in total. The van der Waals surface area contributed by atoms with Crippen molar-refractivity contribution in [1.29, 1.82) is 0 Å². The molecular weight excluding hydrogens is 375 g/mol. The van der Waals surface area contributed by atoms with Gasteiger partial charge in [0, 0.05) is 16.5 Å². The number of halogens is 3. The summed E-state index contributed by atoms with van der Waals surface area (Å²) in [6.45, 7) is 0.443. The number of hydrogen-bond donors (Lipinski definition) is 1. The van der Waals surface area contributed by atoms with Crippen LogP contribution in [-0.2, 0) is 6.54 Å². The maximum Gasteiger partial charge on any atom is 0.573 e. The van der Waals surface area contributed by atoms with Gasteiger partial charge in [0.15, 0.2) is 0 Å². The maximum absolute atomic E-state index is 12.5. The highest BCUT2D eigenvalue weighted by molar-refractivity contribution is 5.96. The Balaban J connectivity index is 1.73. The zero-order valence-corrected chi connectivity index (χ0v) is 14.6. The van der Waals surface area contributed by atoms with Crippen LogP contribution in [0.25, 0.3) is 33.6 Å².